The molecule has 3 N–H and O–H groups in total. The van der Waals surface area contributed by atoms with Gasteiger partial charge in [-0.3, -0.25) is 20.0 Å². The molecule has 23 nitrogen and oxygen atoms in total. The number of hydrogen-bond donors (Lipinski definition) is 3. The first-order valence-electron chi connectivity index (χ1n) is 32.8. The Kier molecular flexibility index (Phi) is 20.8. The standard InChI is InChI=1S/C73H78N18O5/c1-50(21-19-30-53-25-11-6-12-26-53)88(72(94)82-64-37-34-58-70(81-64)85-67(47-77-58)87-41-17-8-18-42-87)89(51(2)22-20-31-54-27-13-7-14-28-54)73(95)91(66-39-36-60-69(84-66)80-62(46-76-60)57-33-32-55(49-92)43-63(57)96-4)90(71(93)74-40-16-15-29-52-23-9-5-10-24-52)65-38-35-59-68(83-65)79-61(45-75-59)56-44-78-86(3)48-56/h5-7,9-14,23-28,32-39,43-48,50-51,92H,8,15-22,29-31,40-42,49H2,1-4H3,(H,74,93)(H,81,82,85,94)/t50-,51-/m1/s1. The van der Waals surface area contributed by atoms with E-state index >= 15 is 14.4 Å². The Morgan fingerprint density at radius 3 is 1.73 bits per heavy atom. The molecular weight excluding hydrogens is 1210 g/mol. The predicted octanol–water partition coefficient (Wildman–Crippen LogP) is 12.9. The van der Waals surface area contributed by atoms with Crippen molar-refractivity contribution in [2.24, 2.45) is 7.05 Å². The molecule has 1 fully saturated rings. The third-order valence-corrected chi connectivity index (χ3v) is 17.2. The molecule has 11 aromatic rings. The molecule has 0 saturated carbocycles. The smallest absolute Gasteiger partial charge is 0.364 e. The molecule has 0 spiro atoms. The molecule has 0 aliphatic carbocycles. The highest BCUT2D eigenvalue weighted by molar-refractivity contribution is 6.06. The lowest BCUT2D eigenvalue weighted by Crippen LogP contribution is -2.65. The van der Waals surface area contributed by atoms with Crippen molar-refractivity contribution >= 4 is 74.9 Å². The minimum Gasteiger partial charge on any atom is -0.496 e. The van der Waals surface area contributed by atoms with Gasteiger partial charge in [-0.05, 0) is 162 Å². The number of nitrogens with zero attached hydrogens (tertiary/aromatic N) is 16. The largest absolute Gasteiger partial charge is 0.496 e. The summed E-state index contributed by atoms with van der Waals surface area (Å²) in [6.45, 7) is 5.53. The number of carbonyl (C=O) groups is 3. The highest BCUT2D eigenvalue weighted by Gasteiger charge is 2.42. The van der Waals surface area contributed by atoms with E-state index in [-0.39, 0.29) is 41.9 Å². The van der Waals surface area contributed by atoms with E-state index in [9.17, 15) is 5.11 Å². The zero-order valence-corrected chi connectivity index (χ0v) is 54.4. The average Bonchev–Trinajstić information content (AvgIpc) is 0.880. The van der Waals surface area contributed by atoms with E-state index in [4.69, 9.17) is 49.6 Å². The summed E-state index contributed by atoms with van der Waals surface area (Å²) in [7, 11) is 3.34. The summed E-state index contributed by atoms with van der Waals surface area (Å²) in [6.07, 6.45) is 17.2. The molecule has 8 heterocycles. The Morgan fingerprint density at radius 2 is 1.12 bits per heavy atom. The normalized spacial score (nSPS) is 12.9. The number of nitrogens with one attached hydrogen (secondary N) is 2. The van der Waals surface area contributed by atoms with Gasteiger partial charge in [0.15, 0.2) is 28.6 Å². The van der Waals surface area contributed by atoms with Crippen molar-refractivity contribution in [3.63, 3.8) is 0 Å². The van der Waals surface area contributed by atoms with Crippen LogP contribution in [0.3, 0.4) is 0 Å². The molecule has 2 atom stereocenters. The second-order valence-corrected chi connectivity index (χ2v) is 24.1. The van der Waals surface area contributed by atoms with Crippen molar-refractivity contribution in [3.05, 3.63) is 199 Å². The third-order valence-electron chi connectivity index (χ3n) is 17.2. The number of piperidine rings is 1. The number of pyridine rings is 3. The molecule has 96 heavy (non-hydrogen) atoms. The summed E-state index contributed by atoms with van der Waals surface area (Å²) >= 11 is 0. The Labute approximate surface area is 557 Å². The summed E-state index contributed by atoms with van der Waals surface area (Å²) in [5.41, 5.74) is 8.09. The Balaban J connectivity index is 1.02. The van der Waals surface area contributed by atoms with E-state index in [0.717, 1.165) is 71.9 Å². The van der Waals surface area contributed by atoms with E-state index in [2.05, 4.69) is 57.0 Å². The highest BCUT2D eigenvalue weighted by Crippen LogP contribution is 2.34. The lowest BCUT2D eigenvalue weighted by molar-refractivity contribution is -0.00405. The molecule has 1 aliphatic rings. The van der Waals surface area contributed by atoms with Crippen LogP contribution in [0, 0.1) is 0 Å². The number of rotatable bonds is 23. The lowest BCUT2D eigenvalue weighted by Gasteiger charge is -2.45. The van der Waals surface area contributed by atoms with Gasteiger partial charge >= 0.3 is 18.1 Å². The second kappa shape index (κ2) is 30.8. The Morgan fingerprint density at radius 1 is 0.562 bits per heavy atom. The van der Waals surface area contributed by atoms with Gasteiger partial charge in [-0.25, -0.2) is 59.3 Å². The fraction of sp³-hybridized carbons (Fsp3) is 0.301. The first-order valence-corrected chi connectivity index (χ1v) is 32.8. The summed E-state index contributed by atoms with van der Waals surface area (Å²) < 4.78 is 7.46. The number of amides is 6. The maximum atomic E-state index is 17.4. The molecule has 4 aromatic carbocycles. The van der Waals surface area contributed by atoms with Crippen LogP contribution in [0.2, 0.25) is 0 Å². The van der Waals surface area contributed by atoms with Gasteiger partial charge in [0.2, 0.25) is 0 Å². The van der Waals surface area contributed by atoms with Crippen LogP contribution in [-0.2, 0) is 32.9 Å². The summed E-state index contributed by atoms with van der Waals surface area (Å²) in [6, 6.07) is 42.0. The number of anilines is 4. The number of urea groups is 3. The number of hydrogen-bond acceptors (Lipinski definition) is 16. The van der Waals surface area contributed by atoms with Crippen LogP contribution in [0.5, 0.6) is 5.75 Å². The molecular formula is C73H78N18O5. The van der Waals surface area contributed by atoms with Gasteiger partial charge in [0.05, 0.1) is 62.0 Å². The van der Waals surface area contributed by atoms with Crippen molar-refractivity contribution in [3.8, 4) is 28.3 Å². The van der Waals surface area contributed by atoms with Crippen molar-refractivity contribution in [2.45, 2.75) is 110 Å². The summed E-state index contributed by atoms with van der Waals surface area (Å²) in [5.74, 6) is 1.23. The number of methoxy groups -OCH3 is 1. The molecule has 1 saturated heterocycles. The minimum absolute atomic E-state index is 0.0281. The van der Waals surface area contributed by atoms with Gasteiger partial charge in [0.1, 0.15) is 33.9 Å². The van der Waals surface area contributed by atoms with Gasteiger partial charge in [0.25, 0.3) is 0 Å². The molecule has 1 aliphatic heterocycles. The van der Waals surface area contributed by atoms with E-state index in [1.54, 1.807) is 84.1 Å². The van der Waals surface area contributed by atoms with Crippen LogP contribution < -0.4 is 30.3 Å². The van der Waals surface area contributed by atoms with E-state index in [0.29, 0.717) is 107 Å². The number of aryl methyl sites for hydroxylation is 4. The number of hydrazine groups is 2. The number of carbonyl (C=O) groups excluding carboxylic acids is 3. The van der Waals surface area contributed by atoms with Gasteiger partial charge in [-0.15, -0.1) is 0 Å². The lowest BCUT2D eigenvalue weighted by atomic mass is 10.0. The first kappa shape index (κ1) is 65.0. The topological polar surface area (TPSA) is 255 Å². The van der Waals surface area contributed by atoms with Crippen molar-refractivity contribution in [2.75, 3.05) is 47.0 Å². The van der Waals surface area contributed by atoms with Crippen molar-refractivity contribution in [1.82, 2.24) is 70.0 Å². The summed E-state index contributed by atoms with van der Waals surface area (Å²) in [4.78, 5) is 96.0. The van der Waals surface area contributed by atoms with E-state index < -0.39 is 30.2 Å². The van der Waals surface area contributed by atoms with Crippen molar-refractivity contribution in [1.29, 1.82) is 0 Å². The molecule has 0 unspecified atom stereocenters. The minimum atomic E-state index is -0.843. The number of ether oxygens (including phenoxy) is 1. The fourth-order valence-corrected chi connectivity index (χ4v) is 12.1. The Bertz CT molecular complexity index is 4460. The number of aliphatic hydroxyl groups is 1. The summed E-state index contributed by atoms with van der Waals surface area (Å²) in [5, 5.41) is 25.9. The zero-order valence-electron chi connectivity index (χ0n) is 54.4. The fourth-order valence-electron chi connectivity index (χ4n) is 12.1. The highest BCUT2D eigenvalue weighted by atomic mass is 16.5. The second-order valence-electron chi connectivity index (χ2n) is 24.1. The molecule has 23 heteroatoms. The number of unbranched alkanes of at least 4 members (excludes halogenated alkanes) is 1. The number of fused-ring (bicyclic) bond motifs is 3. The van der Waals surface area contributed by atoms with E-state index in [1.165, 1.54) is 17.1 Å². The van der Waals surface area contributed by atoms with Gasteiger partial charge in [-0.2, -0.15) is 15.1 Å². The van der Waals surface area contributed by atoms with Crippen LogP contribution in [0.4, 0.5) is 37.7 Å². The monoisotopic (exact) mass is 1290 g/mol. The van der Waals surface area contributed by atoms with Crippen molar-refractivity contribution < 1.29 is 24.2 Å². The SMILES string of the molecule is COc1cc(CO)ccc1-c1cnc2ccc(N(C(=O)N([C@H](C)CCCc3ccccc3)N(C(=O)Nc3ccc4ncc(N5CCCCC5)nc4n3)[C@H](C)CCCc3ccccc3)N(C(=O)NCCCCc3ccccc3)c3ccc4ncc(-c5cnn(C)c5)nc4n3)nc2n1. The van der Waals surface area contributed by atoms with E-state index in [1.807, 2.05) is 81.7 Å². The molecule has 7 aromatic heterocycles. The maximum Gasteiger partial charge on any atom is 0.364 e. The zero-order chi connectivity index (χ0) is 66.3. The van der Waals surface area contributed by atoms with Crippen LogP contribution in [0.15, 0.2) is 177 Å². The van der Waals surface area contributed by atoms with Gasteiger partial charge in [-0.1, -0.05) is 97.1 Å². The van der Waals surface area contributed by atoms with Gasteiger partial charge < -0.3 is 20.1 Å². The predicted molar refractivity (Wildman–Crippen MR) is 372 cm³/mol. The molecule has 0 radical (unpaired) electrons. The first-order chi connectivity index (χ1) is 47.0. The number of benzene rings is 4. The average molecular weight is 1290 g/mol. The van der Waals surface area contributed by atoms with Crippen LogP contribution in [0.1, 0.15) is 93.9 Å². The third kappa shape index (κ3) is 15.6. The molecule has 0 bridgehead atoms. The van der Waals surface area contributed by atoms with Crippen LogP contribution in [0.25, 0.3) is 56.0 Å². The molecule has 12 rings (SSSR count). The van der Waals surface area contributed by atoms with Crippen LogP contribution in [-0.4, -0.2) is 127 Å². The molecule has 6 amide bonds. The molecule has 490 valence electrons. The maximum absolute atomic E-state index is 17.4. The number of aliphatic hydroxyl groups excluding tert-OH is 1. The van der Waals surface area contributed by atoms with Gasteiger partial charge in [0, 0.05) is 44.0 Å². The number of aromatic nitrogens is 11. The Hall–Kier alpha value is -11.1. The quantitative estimate of drug-likeness (QED) is 0.0397. The van der Waals surface area contributed by atoms with Crippen LogP contribution >= 0.6 is 0 Å².